The zero-order chi connectivity index (χ0) is 12.0. The van der Waals surface area contributed by atoms with Gasteiger partial charge in [-0.25, -0.2) is 0 Å². The van der Waals surface area contributed by atoms with Crippen molar-refractivity contribution >= 4 is 17.5 Å². The molecule has 0 heterocycles. The second kappa shape index (κ2) is 6.71. The van der Waals surface area contributed by atoms with Crippen LogP contribution in [-0.4, -0.2) is 42.3 Å². The Balaban J connectivity index is 2.43. The maximum atomic E-state index is 12.0. The van der Waals surface area contributed by atoms with Crippen LogP contribution in [0.1, 0.15) is 17.3 Å². The third-order valence-electron chi connectivity index (χ3n) is 2.33. The minimum absolute atomic E-state index is 0.0438. The number of benzene rings is 1. The minimum Gasteiger partial charge on any atom is -0.309 e. The summed E-state index contributed by atoms with van der Waals surface area (Å²) in [5.41, 5.74) is 0.812. The summed E-state index contributed by atoms with van der Waals surface area (Å²) in [4.78, 5) is 14.1. The summed E-state index contributed by atoms with van der Waals surface area (Å²) in [6, 6.07) is 9.51. The zero-order valence-electron chi connectivity index (χ0n) is 10.1. The van der Waals surface area contributed by atoms with Crippen LogP contribution in [-0.2, 0) is 0 Å². The Hall–Kier alpha value is -0.800. The number of ketones is 1. The van der Waals surface area contributed by atoms with E-state index in [-0.39, 0.29) is 11.0 Å². The number of Topliss-reactive ketones (excluding diaryl/α,β-unsaturated/α-hetero) is 1. The van der Waals surface area contributed by atoms with Crippen molar-refractivity contribution in [2.24, 2.45) is 0 Å². The quantitative estimate of drug-likeness (QED) is 0.709. The molecule has 0 aliphatic rings. The van der Waals surface area contributed by atoms with Gasteiger partial charge < -0.3 is 4.90 Å². The van der Waals surface area contributed by atoms with Gasteiger partial charge in [0.05, 0.1) is 5.25 Å². The molecule has 1 aromatic rings. The highest BCUT2D eigenvalue weighted by Gasteiger charge is 2.14. The van der Waals surface area contributed by atoms with Crippen LogP contribution in [0.15, 0.2) is 30.3 Å². The highest BCUT2D eigenvalue weighted by molar-refractivity contribution is 8.00. The summed E-state index contributed by atoms with van der Waals surface area (Å²) < 4.78 is 0. The van der Waals surface area contributed by atoms with Crippen LogP contribution in [0.2, 0.25) is 0 Å². The molecule has 0 saturated heterocycles. The van der Waals surface area contributed by atoms with E-state index in [1.165, 1.54) is 0 Å². The molecule has 88 valence electrons. The first-order valence-electron chi connectivity index (χ1n) is 5.47. The molecule has 0 fully saturated rings. The fourth-order valence-corrected chi connectivity index (χ4v) is 2.44. The number of rotatable bonds is 6. The summed E-state index contributed by atoms with van der Waals surface area (Å²) in [5, 5.41) is 0.0438. The topological polar surface area (TPSA) is 20.3 Å². The predicted molar refractivity (Wildman–Crippen MR) is 71.2 cm³/mol. The Bertz CT molecular complexity index is 324. The van der Waals surface area contributed by atoms with E-state index in [1.54, 1.807) is 11.8 Å². The third kappa shape index (κ3) is 4.37. The van der Waals surface area contributed by atoms with Crippen molar-refractivity contribution < 1.29 is 4.79 Å². The molecule has 16 heavy (non-hydrogen) atoms. The molecule has 1 rings (SSSR count). The molecule has 3 heteroatoms. The molecule has 0 bridgehead atoms. The van der Waals surface area contributed by atoms with Gasteiger partial charge in [-0.2, -0.15) is 0 Å². The molecule has 0 amide bonds. The summed E-state index contributed by atoms with van der Waals surface area (Å²) in [6.45, 7) is 2.99. The Morgan fingerprint density at radius 3 is 2.50 bits per heavy atom. The fourth-order valence-electron chi connectivity index (χ4n) is 1.32. The molecule has 1 unspecified atom stereocenters. The number of carbonyl (C=O) groups is 1. The van der Waals surface area contributed by atoms with Gasteiger partial charge in [-0.05, 0) is 21.0 Å². The standard InChI is InChI=1S/C13H19NOS/c1-11(16-10-9-14(2)3)13(15)12-7-5-4-6-8-12/h4-8,11H,9-10H2,1-3H3. The van der Waals surface area contributed by atoms with Gasteiger partial charge >= 0.3 is 0 Å². The second-order valence-electron chi connectivity index (χ2n) is 4.05. The average molecular weight is 237 g/mol. The van der Waals surface area contributed by atoms with Crippen molar-refractivity contribution in [2.75, 3.05) is 26.4 Å². The Morgan fingerprint density at radius 2 is 1.94 bits per heavy atom. The SMILES string of the molecule is CC(SCCN(C)C)C(=O)c1ccccc1. The van der Waals surface area contributed by atoms with E-state index in [1.807, 2.05) is 51.4 Å². The van der Waals surface area contributed by atoms with Crippen LogP contribution in [0.4, 0.5) is 0 Å². The van der Waals surface area contributed by atoms with E-state index < -0.39 is 0 Å². The number of hydrogen-bond acceptors (Lipinski definition) is 3. The van der Waals surface area contributed by atoms with Gasteiger partial charge in [0, 0.05) is 17.9 Å². The van der Waals surface area contributed by atoms with E-state index in [4.69, 9.17) is 0 Å². The number of carbonyl (C=O) groups excluding carboxylic acids is 1. The number of nitrogens with zero attached hydrogens (tertiary/aromatic N) is 1. The maximum absolute atomic E-state index is 12.0. The van der Waals surface area contributed by atoms with Crippen LogP contribution in [0, 0.1) is 0 Å². The zero-order valence-corrected chi connectivity index (χ0v) is 11.0. The lowest BCUT2D eigenvalue weighted by molar-refractivity contribution is 0.0994. The van der Waals surface area contributed by atoms with Gasteiger partial charge in [0.15, 0.2) is 5.78 Å². The van der Waals surface area contributed by atoms with Crippen LogP contribution in [0.3, 0.4) is 0 Å². The lowest BCUT2D eigenvalue weighted by Gasteiger charge is -2.13. The Kier molecular flexibility index (Phi) is 5.56. The van der Waals surface area contributed by atoms with Gasteiger partial charge in [0.1, 0.15) is 0 Å². The molecule has 0 spiro atoms. The van der Waals surface area contributed by atoms with E-state index in [9.17, 15) is 4.79 Å². The normalized spacial score (nSPS) is 12.8. The van der Waals surface area contributed by atoms with Crippen molar-refractivity contribution in [1.29, 1.82) is 0 Å². The van der Waals surface area contributed by atoms with Crippen molar-refractivity contribution in [3.63, 3.8) is 0 Å². The highest BCUT2D eigenvalue weighted by Crippen LogP contribution is 2.15. The van der Waals surface area contributed by atoms with Gasteiger partial charge in [0.25, 0.3) is 0 Å². The van der Waals surface area contributed by atoms with Crippen molar-refractivity contribution in [3.8, 4) is 0 Å². The molecule has 0 saturated carbocycles. The molecule has 0 aliphatic heterocycles. The first kappa shape index (κ1) is 13.3. The highest BCUT2D eigenvalue weighted by atomic mass is 32.2. The molecule has 0 aliphatic carbocycles. The van der Waals surface area contributed by atoms with Crippen LogP contribution >= 0.6 is 11.8 Å². The molecular weight excluding hydrogens is 218 g/mol. The maximum Gasteiger partial charge on any atom is 0.175 e. The van der Waals surface area contributed by atoms with Crippen molar-refractivity contribution in [1.82, 2.24) is 4.90 Å². The summed E-state index contributed by atoms with van der Waals surface area (Å²) in [6.07, 6.45) is 0. The van der Waals surface area contributed by atoms with Crippen LogP contribution < -0.4 is 0 Å². The summed E-state index contributed by atoms with van der Waals surface area (Å²) in [7, 11) is 4.09. The lowest BCUT2D eigenvalue weighted by Crippen LogP contribution is -2.19. The first-order valence-corrected chi connectivity index (χ1v) is 6.51. The molecule has 0 aromatic heterocycles. The molecular formula is C13H19NOS. The van der Waals surface area contributed by atoms with Gasteiger partial charge in [-0.1, -0.05) is 30.3 Å². The molecule has 0 radical (unpaired) electrons. The third-order valence-corrected chi connectivity index (χ3v) is 3.47. The number of hydrogen-bond donors (Lipinski definition) is 0. The Labute approximate surface area is 102 Å². The smallest absolute Gasteiger partial charge is 0.175 e. The van der Waals surface area contributed by atoms with Crippen LogP contribution in [0.25, 0.3) is 0 Å². The van der Waals surface area contributed by atoms with E-state index in [2.05, 4.69) is 4.90 Å². The summed E-state index contributed by atoms with van der Waals surface area (Å²) >= 11 is 1.72. The predicted octanol–water partition coefficient (Wildman–Crippen LogP) is 2.55. The Morgan fingerprint density at radius 1 is 1.31 bits per heavy atom. The van der Waals surface area contributed by atoms with Crippen molar-refractivity contribution in [2.45, 2.75) is 12.2 Å². The first-order chi connectivity index (χ1) is 7.61. The van der Waals surface area contributed by atoms with E-state index in [0.717, 1.165) is 17.9 Å². The van der Waals surface area contributed by atoms with Gasteiger partial charge in [-0.15, -0.1) is 11.8 Å². The minimum atomic E-state index is 0.0438. The molecule has 0 N–H and O–H groups in total. The monoisotopic (exact) mass is 237 g/mol. The lowest BCUT2D eigenvalue weighted by atomic mass is 10.1. The van der Waals surface area contributed by atoms with E-state index >= 15 is 0 Å². The van der Waals surface area contributed by atoms with E-state index in [0.29, 0.717) is 0 Å². The second-order valence-corrected chi connectivity index (χ2v) is 5.50. The molecule has 2 nitrogen and oxygen atoms in total. The number of thioether (sulfide) groups is 1. The molecule has 1 aromatic carbocycles. The fraction of sp³-hybridized carbons (Fsp3) is 0.462. The largest absolute Gasteiger partial charge is 0.309 e. The van der Waals surface area contributed by atoms with Gasteiger partial charge in [0.2, 0.25) is 0 Å². The van der Waals surface area contributed by atoms with Gasteiger partial charge in [-0.3, -0.25) is 4.79 Å². The average Bonchev–Trinajstić information content (AvgIpc) is 2.28. The van der Waals surface area contributed by atoms with Crippen molar-refractivity contribution in [3.05, 3.63) is 35.9 Å². The van der Waals surface area contributed by atoms with Crippen LogP contribution in [0.5, 0.6) is 0 Å². The molecule has 1 atom stereocenters. The summed E-state index contributed by atoms with van der Waals surface area (Å²) in [5.74, 6) is 1.22.